The molecule has 1 aromatic rings. The van der Waals surface area contributed by atoms with Gasteiger partial charge in [-0.3, -0.25) is 9.69 Å². The first-order valence-corrected chi connectivity index (χ1v) is 9.83. The average Bonchev–Trinajstić information content (AvgIpc) is 2.79. The largest absolute Gasteiger partial charge is 0.463 e. The van der Waals surface area contributed by atoms with E-state index in [2.05, 4.69) is 34.5 Å². The van der Waals surface area contributed by atoms with Crippen molar-refractivity contribution in [2.24, 2.45) is 5.92 Å². The van der Waals surface area contributed by atoms with E-state index < -0.39 is 12.0 Å². The molecule has 1 aromatic carbocycles. The lowest BCUT2D eigenvalue weighted by molar-refractivity contribution is -0.162. The summed E-state index contributed by atoms with van der Waals surface area (Å²) in [7, 11) is 2.05. The Morgan fingerprint density at radius 1 is 1.20 bits per heavy atom. The van der Waals surface area contributed by atoms with E-state index in [9.17, 15) is 9.59 Å². The number of carbonyl (C=O) groups excluding carboxylic acids is 2. The molecular formula is C19H24INO4. The number of piperidine rings is 1. The molecule has 2 bridgehead atoms. The van der Waals surface area contributed by atoms with Crippen molar-refractivity contribution in [3.8, 4) is 0 Å². The van der Waals surface area contributed by atoms with E-state index in [1.54, 1.807) is 12.1 Å². The van der Waals surface area contributed by atoms with Gasteiger partial charge in [0, 0.05) is 22.1 Å². The summed E-state index contributed by atoms with van der Waals surface area (Å²) in [5, 5.41) is 0. The second-order valence-electron chi connectivity index (χ2n) is 7.16. The van der Waals surface area contributed by atoms with Crippen LogP contribution < -0.4 is 0 Å². The molecule has 4 atom stereocenters. The number of hydrogen-bond acceptors (Lipinski definition) is 5. The van der Waals surface area contributed by atoms with Crippen LogP contribution in [0.1, 0.15) is 43.5 Å². The lowest BCUT2D eigenvalue weighted by atomic mass is 9.87. The van der Waals surface area contributed by atoms with Gasteiger partial charge >= 0.3 is 11.9 Å². The van der Waals surface area contributed by atoms with Crippen LogP contribution in [0.15, 0.2) is 24.3 Å². The minimum atomic E-state index is -0.424. The number of halogens is 1. The lowest BCUT2D eigenvalue weighted by Gasteiger charge is -2.41. The molecule has 0 unspecified atom stereocenters. The molecule has 2 aliphatic rings. The van der Waals surface area contributed by atoms with E-state index in [1.807, 2.05) is 26.0 Å². The number of benzene rings is 1. The zero-order valence-corrected chi connectivity index (χ0v) is 16.9. The fourth-order valence-electron chi connectivity index (χ4n) is 3.95. The van der Waals surface area contributed by atoms with Crippen molar-refractivity contribution >= 4 is 34.5 Å². The summed E-state index contributed by atoms with van der Waals surface area (Å²) in [4.78, 5) is 27.5. The summed E-state index contributed by atoms with van der Waals surface area (Å²) >= 11 is 2.20. The molecule has 0 aliphatic carbocycles. The van der Waals surface area contributed by atoms with Crippen molar-refractivity contribution in [1.29, 1.82) is 0 Å². The van der Waals surface area contributed by atoms with Gasteiger partial charge in [-0.25, -0.2) is 4.79 Å². The quantitative estimate of drug-likeness (QED) is 0.514. The fraction of sp³-hybridized carbons (Fsp3) is 0.579. The highest BCUT2D eigenvalue weighted by atomic mass is 127. The highest BCUT2D eigenvalue weighted by molar-refractivity contribution is 14.1. The Morgan fingerprint density at radius 3 is 2.52 bits per heavy atom. The second-order valence-corrected chi connectivity index (χ2v) is 8.41. The summed E-state index contributed by atoms with van der Waals surface area (Å²) in [6, 6.07) is 7.71. The van der Waals surface area contributed by atoms with Crippen molar-refractivity contribution in [2.75, 3.05) is 7.05 Å². The van der Waals surface area contributed by atoms with Crippen molar-refractivity contribution < 1.29 is 19.1 Å². The summed E-state index contributed by atoms with van der Waals surface area (Å²) in [5.41, 5.74) is 0.516. The number of esters is 2. The van der Waals surface area contributed by atoms with E-state index >= 15 is 0 Å². The first-order valence-electron chi connectivity index (χ1n) is 8.75. The third-order valence-electron chi connectivity index (χ3n) is 5.18. The Labute approximate surface area is 162 Å². The second kappa shape index (κ2) is 7.61. The van der Waals surface area contributed by atoms with Crippen LogP contribution >= 0.6 is 22.6 Å². The molecule has 0 amide bonds. The molecule has 0 spiro atoms. The van der Waals surface area contributed by atoms with Crippen LogP contribution in [-0.4, -0.2) is 48.2 Å². The maximum absolute atomic E-state index is 12.7. The number of carbonyl (C=O) groups is 2. The minimum Gasteiger partial charge on any atom is -0.463 e. The van der Waals surface area contributed by atoms with E-state index in [0.29, 0.717) is 18.0 Å². The summed E-state index contributed by atoms with van der Waals surface area (Å²) < 4.78 is 12.3. The first-order chi connectivity index (χ1) is 11.9. The van der Waals surface area contributed by atoms with Gasteiger partial charge in [0.05, 0.1) is 11.7 Å². The summed E-state index contributed by atoms with van der Waals surface area (Å²) in [5.74, 6) is -1.04. The Balaban J connectivity index is 1.78. The van der Waals surface area contributed by atoms with Crippen LogP contribution in [0.2, 0.25) is 0 Å². The normalized spacial score (nSPS) is 28.8. The monoisotopic (exact) mass is 457 g/mol. The van der Waals surface area contributed by atoms with Crippen LogP contribution in [0.25, 0.3) is 0 Å². The molecule has 2 aliphatic heterocycles. The van der Waals surface area contributed by atoms with Crippen molar-refractivity contribution in [3.05, 3.63) is 33.4 Å². The van der Waals surface area contributed by atoms with Gasteiger partial charge in [-0.2, -0.15) is 0 Å². The van der Waals surface area contributed by atoms with Crippen LogP contribution in [0.5, 0.6) is 0 Å². The van der Waals surface area contributed by atoms with E-state index in [1.165, 1.54) is 0 Å². The third-order valence-corrected chi connectivity index (χ3v) is 5.90. The highest BCUT2D eigenvalue weighted by Gasteiger charge is 2.51. The molecule has 0 saturated carbocycles. The number of ether oxygens (including phenoxy) is 2. The first kappa shape index (κ1) is 18.6. The Kier molecular flexibility index (Phi) is 5.68. The number of rotatable bonds is 4. The lowest BCUT2D eigenvalue weighted by Crippen LogP contribution is -2.54. The topological polar surface area (TPSA) is 55.8 Å². The van der Waals surface area contributed by atoms with Gasteiger partial charge in [0.25, 0.3) is 0 Å². The van der Waals surface area contributed by atoms with Crippen LogP contribution in [0, 0.1) is 9.49 Å². The van der Waals surface area contributed by atoms with Gasteiger partial charge in [-0.15, -0.1) is 0 Å². The number of nitrogens with zero attached hydrogens (tertiary/aromatic N) is 1. The van der Waals surface area contributed by atoms with Crippen LogP contribution in [0.4, 0.5) is 0 Å². The molecule has 0 aromatic heterocycles. The van der Waals surface area contributed by atoms with E-state index in [4.69, 9.17) is 9.47 Å². The van der Waals surface area contributed by atoms with Gasteiger partial charge in [-0.1, -0.05) is 0 Å². The maximum Gasteiger partial charge on any atom is 0.338 e. The molecule has 25 heavy (non-hydrogen) atoms. The average molecular weight is 457 g/mol. The Bertz CT molecular complexity index is 645. The van der Waals surface area contributed by atoms with Crippen molar-refractivity contribution in [2.45, 2.75) is 57.4 Å². The summed E-state index contributed by atoms with van der Waals surface area (Å²) in [6.07, 6.45) is 2.05. The molecular weight excluding hydrogens is 433 g/mol. The molecule has 2 heterocycles. The Morgan fingerprint density at radius 2 is 1.88 bits per heavy atom. The van der Waals surface area contributed by atoms with Crippen LogP contribution in [0.3, 0.4) is 0 Å². The molecule has 2 saturated heterocycles. The molecule has 6 heteroatoms. The van der Waals surface area contributed by atoms with Crippen molar-refractivity contribution in [1.82, 2.24) is 4.90 Å². The zero-order chi connectivity index (χ0) is 18.1. The SMILES string of the molecule is CC(C)OC(=O)[C@H]1[C@@H](OC(=O)c2ccc(I)cc2)C[C@@H]2CC[C@H]1N2C. The van der Waals surface area contributed by atoms with E-state index in [0.717, 1.165) is 16.4 Å². The smallest absolute Gasteiger partial charge is 0.338 e. The number of hydrogen-bond donors (Lipinski definition) is 0. The predicted octanol–water partition coefficient (Wildman–Crippen LogP) is 3.25. The van der Waals surface area contributed by atoms with Crippen LogP contribution in [-0.2, 0) is 14.3 Å². The van der Waals surface area contributed by atoms with Gasteiger partial charge in [0.2, 0.25) is 0 Å². The molecule has 2 fully saturated rings. The van der Waals surface area contributed by atoms with Gasteiger partial charge in [-0.05, 0) is 80.6 Å². The standard InChI is InChI=1S/C19H24INO4/c1-11(2)24-19(23)17-15-9-8-14(21(15)3)10-16(17)25-18(22)12-4-6-13(20)7-5-12/h4-7,11,14-17H,8-10H2,1-3H3/t14-,15+,16-,17+/m0/s1. The fourth-order valence-corrected chi connectivity index (χ4v) is 4.31. The molecule has 0 radical (unpaired) electrons. The summed E-state index contributed by atoms with van der Waals surface area (Å²) in [6.45, 7) is 3.68. The highest BCUT2D eigenvalue weighted by Crippen LogP contribution is 2.40. The van der Waals surface area contributed by atoms with Gasteiger partial charge in [0.15, 0.2) is 0 Å². The molecule has 0 N–H and O–H groups in total. The minimum absolute atomic E-state index is 0.0829. The number of fused-ring (bicyclic) bond motifs is 2. The Hall–Kier alpha value is -1.15. The zero-order valence-electron chi connectivity index (χ0n) is 14.8. The van der Waals surface area contributed by atoms with Crippen molar-refractivity contribution in [3.63, 3.8) is 0 Å². The van der Waals surface area contributed by atoms with Gasteiger partial charge < -0.3 is 9.47 Å². The third kappa shape index (κ3) is 4.00. The van der Waals surface area contributed by atoms with Gasteiger partial charge in [0.1, 0.15) is 12.0 Å². The van der Waals surface area contributed by atoms with E-state index in [-0.39, 0.29) is 24.1 Å². The molecule has 3 rings (SSSR count). The maximum atomic E-state index is 12.7. The molecule has 5 nitrogen and oxygen atoms in total. The predicted molar refractivity (Wildman–Crippen MR) is 102 cm³/mol. The molecule has 136 valence electrons.